The van der Waals surface area contributed by atoms with Crippen LogP contribution in [0.2, 0.25) is 0 Å². The van der Waals surface area contributed by atoms with Crippen LogP contribution in [0.4, 0.5) is 5.69 Å². The Morgan fingerprint density at radius 2 is 1.84 bits per heavy atom. The zero-order valence-corrected chi connectivity index (χ0v) is 23.2. The van der Waals surface area contributed by atoms with E-state index in [1.807, 2.05) is 6.92 Å². The molecule has 1 aromatic carbocycles. The van der Waals surface area contributed by atoms with Gasteiger partial charge < -0.3 is 20.5 Å². The lowest BCUT2D eigenvalue weighted by molar-refractivity contribution is -0.384. The van der Waals surface area contributed by atoms with Gasteiger partial charge in [-0.1, -0.05) is 30.8 Å². The molecule has 2 rings (SSSR count). The number of ether oxygens (including phenoxy) is 2. The molecule has 1 aromatic rings. The van der Waals surface area contributed by atoms with Crippen LogP contribution in [0.3, 0.4) is 0 Å². The van der Waals surface area contributed by atoms with E-state index >= 15 is 0 Å². The maximum absolute atomic E-state index is 13.2. The van der Waals surface area contributed by atoms with Crippen LogP contribution >= 0.6 is 23.5 Å². The summed E-state index contributed by atoms with van der Waals surface area (Å²) in [7, 11) is 0. The van der Waals surface area contributed by atoms with Gasteiger partial charge in [0.25, 0.3) is 5.69 Å². The number of carbonyl (C=O) groups is 2. The highest BCUT2D eigenvalue weighted by atomic mass is 32.2. The van der Waals surface area contributed by atoms with Gasteiger partial charge in [0.1, 0.15) is 0 Å². The number of nitrogens with two attached hydrogens (primary N) is 1. The molecular weight excluding hydrogens is 516 g/mol. The molecule has 1 heterocycles. The maximum atomic E-state index is 13.2. The third-order valence-corrected chi connectivity index (χ3v) is 7.09. The van der Waals surface area contributed by atoms with E-state index in [2.05, 4.69) is 10.3 Å². The average Bonchev–Trinajstić information content (AvgIpc) is 2.86. The lowest BCUT2D eigenvalue weighted by atomic mass is 9.80. The van der Waals surface area contributed by atoms with Crippen LogP contribution in [0.1, 0.15) is 45.6 Å². The maximum Gasteiger partial charge on any atom is 0.336 e. The van der Waals surface area contributed by atoms with Crippen molar-refractivity contribution in [2.24, 2.45) is 10.7 Å². The zero-order chi connectivity index (χ0) is 27.4. The highest BCUT2D eigenvalue weighted by Gasteiger charge is 2.39. The molecule has 1 atom stereocenters. The van der Waals surface area contributed by atoms with E-state index in [9.17, 15) is 19.7 Å². The van der Waals surface area contributed by atoms with Gasteiger partial charge >= 0.3 is 11.9 Å². The summed E-state index contributed by atoms with van der Waals surface area (Å²) in [6.45, 7) is 8.01. The number of carbonyl (C=O) groups excluding carboxylic acids is 2. The Labute approximate surface area is 225 Å². The molecule has 37 heavy (non-hydrogen) atoms. The van der Waals surface area contributed by atoms with Gasteiger partial charge in [0.15, 0.2) is 5.17 Å². The normalized spacial score (nSPS) is 15.9. The number of nitro groups is 1. The van der Waals surface area contributed by atoms with E-state index in [0.717, 1.165) is 17.9 Å². The molecule has 0 bridgehead atoms. The number of nitro benzene ring substituents is 1. The second kappa shape index (κ2) is 15.3. The summed E-state index contributed by atoms with van der Waals surface area (Å²) in [6, 6.07) is 5.94. The van der Waals surface area contributed by atoms with Crippen LogP contribution in [-0.2, 0) is 19.1 Å². The highest BCUT2D eigenvalue weighted by molar-refractivity contribution is 8.13. The van der Waals surface area contributed by atoms with Crippen molar-refractivity contribution >= 4 is 46.3 Å². The summed E-state index contributed by atoms with van der Waals surface area (Å²) in [5, 5.41) is 15.3. The molecule has 3 N–H and O–H groups in total. The van der Waals surface area contributed by atoms with Gasteiger partial charge in [-0.05, 0) is 44.3 Å². The molecule has 0 radical (unpaired) electrons. The number of non-ortho nitro benzene ring substituents is 1. The van der Waals surface area contributed by atoms with Gasteiger partial charge in [-0.3, -0.25) is 15.1 Å². The number of aliphatic imine (C=N–C) groups is 1. The first kappa shape index (κ1) is 30.2. The van der Waals surface area contributed by atoms with Crippen LogP contribution < -0.4 is 11.1 Å². The van der Waals surface area contributed by atoms with Gasteiger partial charge in [0.2, 0.25) is 0 Å². The quantitative estimate of drug-likeness (QED) is 0.0918. The molecule has 202 valence electrons. The van der Waals surface area contributed by atoms with E-state index < -0.39 is 22.8 Å². The molecule has 1 aliphatic rings. The number of nitrogens with one attached hydrogen (secondary N) is 1. The van der Waals surface area contributed by atoms with Crippen molar-refractivity contribution in [2.45, 2.75) is 40.0 Å². The van der Waals surface area contributed by atoms with E-state index in [4.69, 9.17) is 15.2 Å². The van der Waals surface area contributed by atoms with Crippen LogP contribution in [-0.4, -0.2) is 59.0 Å². The van der Waals surface area contributed by atoms with E-state index in [1.54, 1.807) is 38.6 Å². The van der Waals surface area contributed by atoms with Crippen molar-refractivity contribution < 1.29 is 24.0 Å². The second-order valence-electron chi connectivity index (χ2n) is 7.84. The molecule has 0 saturated heterocycles. The Kier molecular flexibility index (Phi) is 12.5. The lowest BCUT2D eigenvalue weighted by Gasteiger charge is -2.31. The number of nitrogens with zero attached hydrogens (tertiary/aromatic N) is 2. The summed E-state index contributed by atoms with van der Waals surface area (Å²) in [4.78, 5) is 41.6. The molecule has 10 nitrogen and oxygen atoms in total. The average molecular weight is 551 g/mol. The summed E-state index contributed by atoms with van der Waals surface area (Å²) in [6.07, 6.45) is 0.800. The van der Waals surface area contributed by atoms with Crippen molar-refractivity contribution in [1.82, 2.24) is 5.32 Å². The minimum absolute atomic E-state index is 0.136. The van der Waals surface area contributed by atoms with Crippen LogP contribution in [0.5, 0.6) is 0 Å². The topological polar surface area (TPSA) is 146 Å². The Balaban J connectivity index is 2.44. The summed E-state index contributed by atoms with van der Waals surface area (Å²) in [5.41, 5.74) is 7.69. The largest absolute Gasteiger partial charge is 0.463 e. The minimum atomic E-state index is -0.884. The lowest BCUT2D eigenvalue weighted by Crippen LogP contribution is -2.34. The molecule has 1 unspecified atom stereocenters. The molecule has 12 heteroatoms. The molecule has 0 amide bonds. The summed E-state index contributed by atoms with van der Waals surface area (Å²) >= 11 is 3.10. The number of amidine groups is 1. The van der Waals surface area contributed by atoms with Crippen LogP contribution in [0, 0.1) is 10.1 Å². The first-order valence-corrected chi connectivity index (χ1v) is 14.2. The van der Waals surface area contributed by atoms with Crippen molar-refractivity contribution in [1.29, 1.82) is 0 Å². The Morgan fingerprint density at radius 1 is 1.16 bits per heavy atom. The monoisotopic (exact) mass is 550 g/mol. The van der Waals surface area contributed by atoms with Crippen LogP contribution in [0.25, 0.3) is 0 Å². The molecule has 0 aromatic heterocycles. The fourth-order valence-electron chi connectivity index (χ4n) is 3.81. The predicted octanol–water partition coefficient (Wildman–Crippen LogP) is 4.13. The fraction of sp³-hybridized carbons (Fsp3) is 0.480. The summed E-state index contributed by atoms with van der Waals surface area (Å²) < 4.78 is 10.7. The van der Waals surface area contributed by atoms with Gasteiger partial charge in [0.05, 0.1) is 35.2 Å². The first-order chi connectivity index (χ1) is 17.7. The number of thioether (sulfide) groups is 2. The van der Waals surface area contributed by atoms with E-state index in [-0.39, 0.29) is 30.0 Å². The number of allylic oxidation sites excluding steroid dienone is 1. The van der Waals surface area contributed by atoms with Crippen molar-refractivity contribution in [3.63, 3.8) is 0 Å². The van der Waals surface area contributed by atoms with E-state index in [0.29, 0.717) is 34.4 Å². The van der Waals surface area contributed by atoms with Gasteiger partial charge in [-0.25, -0.2) is 9.59 Å². The number of hydrogen-bond acceptors (Lipinski definition) is 10. The Morgan fingerprint density at radius 3 is 2.46 bits per heavy atom. The van der Waals surface area contributed by atoms with Gasteiger partial charge in [-0.2, -0.15) is 11.8 Å². The Hall–Kier alpha value is -2.99. The molecular formula is C25H34N4O6S2. The standard InChI is InChI=1S/C25H34N4O6S2/c1-5-34-23(30)20-16(4)28-19(15-36-13-9-12-27-25(26)37-7-3)22(24(31)35-6-2)21(20)17-10-8-11-18(14-17)29(32)33/h8,10-11,14,21,28H,5-7,9,12-13,15H2,1-4H3,(H2,26,27). The molecule has 0 spiro atoms. The minimum Gasteiger partial charge on any atom is -0.463 e. The molecule has 0 saturated carbocycles. The number of hydrogen-bond donors (Lipinski definition) is 2. The van der Waals surface area contributed by atoms with Gasteiger partial charge in [-0.15, -0.1) is 0 Å². The number of dihydropyridines is 1. The molecule has 0 aliphatic carbocycles. The first-order valence-electron chi connectivity index (χ1n) is 12.0. The van der Waals surface area contributed by atoms with Gasteiger partial charge in [0, 0.05) is 35.8 Å². The van der Waals surface area contributed by atoms with E-state index in [1.165, 1.54) is 30.0 Å². The fourth-order valence-corrected chi connectivity index (χ4v) is 5.20. The number of rotatable bonds is 13. The third kappa shape index (κ3) is 8.53. The second-order valence-corrected chi connectivity index (χ2v) is 10.2. The van der Waals surface area contributed by atoms with Crippen LogP contribution in [0.15, 0.2) is 51.8 Å². The smallest absolute Gasteiger partial charge is 0.336 e. The van der Waals surface area contributed by atoms with Crippen molar-refractivity contribution in [3.05, 3.63) is 62.5 Å². The molecule has 1 aliphatic heterocycles. The Bertz CT molecular complexity index is 1090. The zero-order valence-electron chi connectivity index (χ0n) is 21.6. The highest BCUT2D eigenvalue weighted by Crippen LogP contribution is 2.41. The van der Waals surface area contributed by atoms with Crippen molar-refractivity contribution in [2.75, 3.05) is 37.0 Å². The predicted molar refractivity (Wildman–Crippen MR) is 149 cm³/mol. The number of esters is 2. The molecule has 0 fully saturated rings. The summed E-state index contributed by atoms with van der Waals surface area (Å²) in [5.74, 6) is 0.000707. The van der Waals surface area contributed by atoms with Crippen molar-refractivity contribution in [3.8, 4) is 0 Å². The third-order valence-electron chi connectivity index (χ3n) is 5.30. The SMILES string of the molecule is CCOC(=O)C1=C(C)NC(CSCCCN=C(N)SCC)=C(C(=O)OCC)C1c1cccc([N+](=O)[O-])c1. The number of benzene rings is 1.